The fourth-order valence-electron chi connectivity index (χ4n) is 2.37. The number of benzene rings is 1. The zero-order valence-electron chi connectivity index (χ0n) is 11.8. The molecule has 0 radical (unpaired) electrons. The minimum Gasteiger partial charge on any atom is -0.491 e. The SMILES string of the molecule is CC1=CC=CC(N)C1(N)c1ccc(OC(C)C)cc1. The summed E-state index contributed by atoms with van der Waals surface area (Å²) in [6.07, 6.45) is 6.08. The Balaban J connectivity index is 2.31. The van der Waals surface area contributed by atoms with Gasteiger partial charge in [-0.2, -0.15) is 0 Å². The van der Waals surface area contributed by atoms with Crippen molar-refractivity contribution in [3.63, 3.8) is 0 Å². The highest BCUT2D eigenvalue weighted by atomic mass is 16.5. The molecule has 1 aromatic carbocycles. The molecule has 0 aliphatic heterocycles. The van der Waals surface area contributed by atoms with Crippen LogP contribution in [0.25, 0.3) is 0 Å². The maximum Gasteiger partial charge on any atom is 0.119 e. The summed E-state index contributed by atoms with van der Waals surface area (Å²) in [6.45, 7) is 6.03. The number of nitrogens with two attached hydrogens (primary N) is 2. The summed E-state index contributed by atoms with van der Waals surface area (Å²) < 4.78 is 5.64. The van der Waals surface area contributed by atoms with E-state index >= 15 is 0 Å². The molecule has 0 saturated heterocycles. The van der Waals surface area contributed by atoms with Gasteiger partial charge in [0.05, 0.1) is 11.6 Å². The van der Waals surface area contributed by atoms with Gasteiger partial charge >= 0.3 is 0 Å². The van der Waals surface area contributed by atoms with Gasteiger partial charge in [0.15, 0.2) is 0 Å². The molecule has 4 N–H and O–H groups in total. The van der Waals surface area contributed by atoms with Crippen molar-refractivity contribution in [1.82, 2.24) is 0 Å². The Morgan fingerprint density at radius 1 is 1.21 bits per heavy atom. The fourth-order valence-corrected chi connectivity index (χ4v) is 2.37. The molecule has 0 fully saturated rings. The van der Waals surface area contributed by atoms with Gasteiger partial charge in [-0.15, -0.1) is 0 Å². The lowest BCUT2D eigenvalue weighted by Crippen LogP contribution is -2.53. The van der Waals surface area contributed by atoms with E-state index in [1.54, 1.807) is 0 Å². The van der Waals surface area contributed by atoms with Crippen molar-refractivity contribution in [2.45, 2.75) is 38.5 Å². The summed E-state index contributed by atoms with van der Waals surface area (Å²) in [6, 6.07) is 7.67. The van der Waals surface area contributed by atoms with Crippen LogP contribution in [-0.2, 0) is 5.54 Å². The number of rotatable bonds is 3. The Bertz CT molecular complexity index is 502. The quantitative estimate of drug-likeness (QED) is 0.875. The van der Waals surface area contributed by atoms with Gasteiger partial charge in [0.25, 0.3) is 0 Å². The Morgan fingerprint density at radius 3 is 2.37 bits per heavy atom. The number of hydrogen-bond acceptors (Lipinski definition) is 3. The second-order valence-corrected chi connectivity index (χ2v) is 5.32. The molecular formula is C16H22N2O. The average Bonchev–Trinajstić information content (AvgIpc) is 2.36. The van der Waals surface area contributed by atoms with Crippen LogP contribution in [0.1, 0.15) is 26.3 Å². The van der Waals surface area contributed by atoms with Crippen LogP contribution in [0.4, 0.5) is 0 Å². The Kier molecular flexibility index (Phi) is 3.78. The summed E-state index contributed by atoms with van der Waals surface area (Å²) >= 11 is 0. The van der Waals surface area contributed by atoms with Gasteiger partial charge in [0.1, 0.15) is 5.75 Å². The third-order valence-corrected chi connectivity index (χ3v) is 3.55. The first-order chi connectivity index (χ1) is 8.94. The summed E-state index contributed by atoms with van der Waals surface area (Å²) in [5.74, 6) is 0.851. The third kappa shape index (κ3) is 2.57. The largest absolute Gasteiger partial charge is 0.491 e. The second-order valence-electron chi connectivity index (χ2n) is 5.32. The predicted octanol–water partition coefficient (Wildman–Crippen LogP) is 2.47. The lowest BCUT2D eigenvalue weighted by molar-refractivity contribution is 0.242. The third-order valence-electron chi connectivity index (χ3n) is 3.55. The molecule has 1 aliphatic carbocycles. The summed E-state index contributed by atoms with van der Waals surface area (Å²) in [7, 11) is 0. The van der Waals surface area contributed by atoms with Crippen molar-refractivity contribution in [2.75, 3.05) is 0 Å². The molecular weight excluding hydrogens is 236 g/mol. The van der Waals surface area contributed by atoms with Gasteiger partial charge in [-0.05, 0) is 44.0 Å². The molecule has 19 heavy (non-hydrogen) atoms. The zero-order chi connectivity index (χ0) is 14.0. The summed E-state index contributed by atoms with van der Waals surface area (Å²) in [4.78, 5) is 0. The van der Waals surface area contributed by atoms with E-state index in [0.717, 1.165) is 16.9 Å². The molecule has 1 aromatic rings. The van der Waals surface area contributed by atoms with Crippen LogP contribution in [0.5, 0.6) is 5.75 Å². The molecule has 2 atom stereocenters. The van der Waals surface area contributed by atoms with E-state index in [9.17, 15) is 0 Å². The van der Waals surface area contributed by atoms with Gasteiger partial charge in [0, 0.05) is 6.04 Å². The smallest absolute Gasteiger partial charge is 0.119 e. The molecule has 3 heteroatoms. The minimum absolute atomic E-state index is 0.166. The van der Waals surface area contributed by atoms with Crippen LogP contribution in [0.3, 0.4) is 0 Å². The zero-order valence-corrected chi connectivity index (χ0v) is 11.8. The van der Waals surface area contributed by atoms with Crippen molar-refractivity contribution in [1.29, 1.82) is 0 Å². The highest BCUT2D eigenvalue weighted by Gasteiger charge is 2.36. The van der Waals surface area contributed by atoms with E-state index in [0.29, 0.717) is 0 Å². The van der Waals surface area contributed by atoms with E-state index < -0.39 is 5.54 Å². The first kappa shape index (κ1) is 13.8. The van der Waals surface area contributed by atoms with Crippen molar-refractivity contribution < 1.29 is 4.74 Å². The molecule has 0 aromatic heterocycles. The lowest BCUT2D eigenvalue weighted by atomic mass is 9.76. The van der Waals surface area contributed by atoms with Crippen molar-refractivity contribution in [3.05, 3.63) is 53.6 Å². The lowest BCUT2D eigenvalue weighted by Gasteiger charge is -2.37. The predicted molar refractivity (Wildman–Crippen MR) is 78.9 cm³/mol. The molecule has 1 aliphatic rings. The molecule has 2 unspecified atom stereocenters. The van der Waals surface area contributed by atoms with Crippen LogP contribution < -0.4 is 16.2 Å². The summed E-state index contributed by atoms with van der Waals surface area (Å²) in [5.41, 5.74) is 14.1. The first-order valence-electron chi connectivity index (χ1n) is 6.62. The monoisotopic (exact) mass is 258 g/mol. The normalized spacial score (nSPS) is 26.4. The van der Waals surface area contributed by atoms with Crippen LogP contribution in [0.2, 0.25) is 0 Å². The van der Waals surface area contributed by atoms with Gasteiger partial charge in [-0.1, -0.05) is 30.4 Å². The number of allylic oxidation sites excluding steroid dienone is 2. The van der Waals surface area contributed by atoms with E-state index in [1.165, 1.54) is 0 Å². The number of hydrogen-bond donors (Lipinski definition) is 2. The average molecular weight is 258 g/mol. The number of ether oxygens (including phenoxy) is 1. The standard InChI is InChI=1S/C16H22N2O/c1-11(2)19-14-9-7-13(8-10-14)16(18)12(3)5-4-6-15(16)17/h4-11,15H,17-18H2,1-3H3. The highest BCUT2D eigenvalue weighted by molar-refractivity contribution is 5.44. The van der Waals surface area contributed by atoms with Crippen molar-refractivity contribution in [2.24, 2.45) is 11.5 Å². The molecule has 0 heterocycles. The van der Waals surface area contributed by atoms with Gasteiger partial charge in [-0.25, -0.2) is 0 Å². The van der Waals surface area contributed by atoms with Crippen LogP contribution in [0.15, 0.2) is 48.1 Å². The maximum absolute atomic E-state index is 6.53. The van der Waals surface area contributed by atoms with Crippen molar-refractivity contribution in [3.8, 4) is 5.75 Å². The van der Waals surface area contributed by atoms with Gasteiger partial charge in [0.2, 0.25) is 0 Å². The molecule has 0 saturated carbocycles. The molecule has 3 nitrogen and oxygen atoms in total. The Morgan fingerprint density at radius 2 is 1.84 bits per heavy atom. The molecule has 2 rings (SSSR count). The Labute approximate surface area is 114 Å². The minimum atomic E-state index is -0.634. The first-order valence-corrected chi connectivity index (χ1v) is 6.62. The van der Waals surface area contributed by atoms with Crippen molar-refractivity contribution >= 4 is 0 Å². The fraction of sp³-hybridized carbons (Fsp3) is 0.375. The summed E-state index contributed by atoms with van der Waals surface area (Å²) in [5, 5.41) is 0. The van der Waals surface area contributed by atoms with Gasteiger partial charge < -0.3 is 16.2 Å². The van der Waals surface area contributed by atoms with Crippen LogP contribution in [-0.4, -0.2) is 12.1 Å². The molecule has 0 spiro atoms. The van der Waals surface area contributed by atoms with E-state index in [1.807, 2.05) is 63.3 Å². The highest BCUT2D eigenvalue weighted by Crippen LogP contribution is 2.33. The topological polar surface area (TPSA) is 61.3 Å². The maximum atomic E-state index is 6.53. The van der Waals surface area contributed by atoms with E-state index in [4.69, 9.17) is 16.2 Å². The van der Waals surface area contributed by atoms with Crippen LogP contribution in [0, 0.1) is 0 Å². The van der Waals surface area contributed by atoms with Crippen LogP contribution >= 0.6 is 0 Å². The van der Waals surface area contributed by atoms with E-state index in [2.05, 4.69) is 0 Å². The molecule has 102 valence electrons. The van der Waals surface area contributed by atoms with Gasteiger partial charge in [-0.3, -0.25) is 0 Å². The molecule has 0 amide bonds. The van der Waals surface area contributed by atoms with E-state index in [-0.39, 0.29) is 12.1 Å². The molecule has 0 bridgehead atoms. The Hall–Kier alpha value is -1.58. The second kappa shape index (κ2) is 5.19.